The Kier molecular flexibility index (Phi) is 8.58. The molecule has 1 aromatic carbocycles. The second kappa shape index (κ2) is 9.93. The van der Waals surface area contributed by atoms with Gasteiger partial charge in [-0.05, 0) is 38.4 Å². The molecular formula is C18H33N3. The molecule has 0 heterocycles. The van der Waals surface area contributed by atoms with Crippen LogP contribution in [0.2, 0.25) is 0 Å². The quantitative estimate of drug-likeness (QED) is 0.719. The van der Waals surface area contributed by atoms with Gasteiger partial charge in [0.2, 0.25) is 0 Å². The molecular weight excluding hydrogens is 258 g/mol. The highest BCUT2D eigenvalue weighted by Crippen LogP contribution is 2.11. The molecule has 3 nitrogen and oxygen atoms in total. The van der Waals surface area contributed by atoms with Crippen LogP contribution in [0, 0.1) is 5.92 Å². The zero-order chi connectivity index (χ0) is 15.7. The largest absolute Gasteiger partial charge is 0.329 e. The average molecular weight is 291 g/mol. The zero-order valence-corrected chi connectivity index (χ0v) is 14.3. The van der Waals surface area contributed by atoms with Crippen molar-refractivity contribution in [2.75, 3.05) is 40.3 Å². The third-order valence-corrected chi connectivity index (χ3v) is 3.83. The number of rotatable bonds is 10. The fourth-order valence-corrected chi connectivity index (χ4v) is 2.65. The minimum atomic E-state index is 0.479. The van der Waals surface area contributed by atoms with Crippen molar-refractivity contribution >= 4 is 0 Å². The number of nitrogens with two attached hydrogens (primary N) is 1. The van der Waals surface area contributed by atoms with E-state index in [4.69, 9.17) is 5.73 Å². The standard InChI is InChI=1S/C18H33N3/c1-16(2)15-21(13-12-20(3)4)18(14-19)11-10-17-8-6-5-7-9-17/h5-9,16,18H,10-15,19H2,1-4H3. The maximum absolute atomic E-state index is 6.06. The Morgan fingerprint density at radius 3 is 2.24 bits per heavy atom. The first kappa shape index (κ1) is 18.1. The van der Waals surface area contributed by atoms with Crippen molar-refractivity contribution in [3.05, 3.63) is 35.9 Å². The lowest BCUT2D eigenvalue weighted by Gasteiger charge is -2.33. The van der Waals surface area contributed by atoms with Gasteiger partial charge in [0.25, 0.3) is 0 Å². The molecule has 0 aliphatic carbocycles. The fraction of sp³-hybridized carbons (Fsp3) is 0.667. The van der Waals surface area contributed by atoms with Crippen LogP contribution < -0.4 is 5.73 Å². The van der Waals surface area contributed by atoms with E-state index in [2.05, 4.69) is 68.1 Å². The Labute approximate surface area is 131 Å². The van der Waals surface area contributed by atoms with Gasteiger partial charge in [-0.25, -0.2) is 0 Å². The minimum absolute atomic E-state index is 0.479. The molecule has 1 rings (SSSR count). The summed E-state index contributed by atoms with van der Waals surface area (Å²) in [6.07, 6.45) is 2.25. The van der Waals surface area contributed by atoms with Gasteiger partial charge in [0.15, 0.2) is 0 Å². The number of nitrogens with zero attached hydrogens (tertiary/aromatic N) is 2. The number of hydrogen-bond acceptors (Lipinski definition) is 3. The second-order valence-corrected chi connectivity index (χ2v) is 6.61. The van der Waals surface area contributed by atoms with Gasteiger partial charge >= 0.3 is 0 Å². The van der Waals surface area contributed by atoms with E-state index >= 15 is 0 Å². The molecule has 0 aliphatic heterocycles. The summed E-state index contributed by atoms with van der Waals surface area (Å²) in [5.74, 6) is 0.679. The summed E-state index contributed by atoms with van der Waals surface area (Å²) >= 11 is 0. The zero-order valence-electron chi connectivity index (χ0n) is 14.3. The van der Waals surface area contributed by atoms with E-state index < -0.39 is 0 Å². The number of benzene rings is 1. The topological polar surface area (TPSA) is 32.5 Å². The highest BCUT2D eigenvalue weighted by Gasteiger charge is 2.18. The van der Waals surface area contributed by atoms with Gasteiger partial charge in [0.1, 0.15) is 0 Å². The Balaban J connectivity index is 2.57. The van der Waals surface area contributed by atoms with Gasteiger partial charge in [-0.3, -0.25) is 4.90 Å². The Bertz CT molecular complexity index is 362. The van der Waals surface area contributed by atoms with E-state index in [0.717, 1.165) is 39.0 Å². The SMILES string of the molecule is CC(C)CN(CCN(C)C)C(CN)CCc1ccccc1. The van der Waals surface area contributed by atoms with Crippen molar-refractivity contribution in [2.24, 2.45) is 11.7 Å². The van der Waals surface area contributed by atoms with E-state index in [9.17, 15) is 0 Å². The Morgan fingerprint density at radius 1 is 1.05 bits per heavy atom. The van der Waals surface area contributed by atoms with Crippen LogP contribution in [0.25, 0.3) is 0 Å². The second-order valence-electron chi connectivity index (χ2n) is 6.61. The monoisotopic (exact) mass is 291 g/mol. The van der Waals surface area contributed by atoms with Crippen LogP contribution in [0.4, 0.5) is 0 Å². The molecule has 0 spiro atoms. The van der Waals surface area contributed by atoms with E-state index in [1.54, 1.807) is 0 Å². The van der Waals surface area contributed by atoms with Crippen LogP contribution >= 0.6 is 0 Å². The van der Waals surface area contributed by atoms with E-state index in [1.165, 1.54) is 5.56 Å². The number of hydrogen-bond donors (Lipinski definition) is 1. The van der Waals surface area contributed by atoms with Crippen LogP contribution in [-0.2, 0) is 6.42 Å². The molecule has 0 fully saturated rings. The molecule has 1 unspecified atom stereocenters. The van der Waals surface area contributed by atoms with Gasteiger partial charge in [-0.15, -0.1) is 0 Å². The fourth-order valence-electron chi connectivity index (χ4n) is 2.65. The predicted octanol–water partition coefficient (Wildman–Crippen LogP) is 2.47. The van der Waals surface area contributed by atoms with Crippen LogP contribution in [0.1, 0.15) is 25.8 Å². The van der Waals surface area contributed by atoms with Crippen molar-refractivity contribution in [1.29, 1.82) is 0 Å². The molecule has 2 N–H and O–H groups in total. The molecule has 21 heavy (non-hydrogen) atoms. The molecule has 0 saturated heterocycles. The van der Waals surface area contributed by atoms with Crippen molar-refractivity contribution in [3.63, 3.8) is 0 Å². The normalized spacial score (nSPS) is 13.3. The van der Waals surface area contributed by atoms with E-state index in [-0.39, 0.29) is 0 Å². The molecule has 0 aromatic heterocycles. The molecule has 120 valence electrons. The lowest BCUT2D eigenvalue weighted by atomic mass is 10.0. The summed E-state index contributed by atoms with van der Waals surface area (Å²) in [6, 6.07) is 11.2. The van der Waals surface area contributed by atoms with Crippen LogP contribution in [-0.4, -0.2) is 56.1 Å². The summed E-state index contributed by atoms with van der Waals surface area (Å²) in [5.41, 5.74) is 7.47. The van der Waals surface area contributed by atoms with Gasteiger partial charge in [0.05, 0.1) is 0 Å². The maximum atomic E-state index is 6.06. The summed E-state index contributed by atoms with van der Waals surface area (Å²) in [5, 5.41) is 0. The lowest BCUT2D eigenvalue weighted by molar-refractivity contribution is 0.156. The summed E-state index contributed by atoms with van der Waals surface area (Å²) < 4.78 is 0. The Morgan fingerprint density at radius 2 is 1.71 bits per heavy atom. The molecule has 0 bridgehead atoms. The smallest absolute Gasteiger partial charge is 0.0222 e. The van der Waals surface area contributed by atoms with Crippen LogP contribution in [0.3, 0.4) is 0 Å². The van der Waals surface area contributed by atoms with Crippen molar-refractivity contribution in [2.45, 2.75) is 32.7 Å². The molecule has 1 aromatic rings. The maximum Gasteiger partial charge on any atom is 0.0222 e. The van der Waals surface area contributed by atoms with Crippen molar-refractivity contribution in [3.8, 4) is 0 Å². The van der Waals surface area contributed by atoms with E-state index in [1.807, 2.05) is 0 Å². The number of aryl methyl sites for hydroxylation is 1. The summed E-state index contributed by atoms with van der Waals surface area (Å²) in [6.45, 7) is 8.63. The molecule has 1 atom stereocenters. The molecule has 0 aliphatic rings. The first-order valence-electron chi connectivity index (χ1n) is 8.15. The van der Waals surface area contributed by atoms with Gasteiger partial charge in [-0.2, -0.15) is 0 Å². The summed E-state index contributed by atoms with van der Waals surface area (Å²) in [4.78, 5) is 4.83. The summed E-state index contributed by atoms with van der Waals surface area (Å²) in [7, 11) is 4.27. The Hall–Kier alpha value is -0.900. The number of likely N-dealkylation sites (N-methyl/N-ethyl adjacent to an activating group) is 1. The molecule has 0 amide bonds. The molecule has 3 heteroatoms. The average Bonchev–Trinajstić information content (AvgIpc) is 2.45. The van der Waals surface area contributed by atoms with Crippen molar-refractivity contribution in [1.82, 2.24) is 9.80 Å². The highest BCUT2D eigenvalue weighted by molar-refractivity contribution is 5.14. The first-order valence-corrected chi connectivity index (χ1v) is 8.15. The van der Waals surface area contributed by atoms with E-state index in [0.29, 0.717) is 12.0 Å². The lowest BCUT2D eigenvalue weighted by Crippen LogP contribution is -2.45. The first-order chi connectivity index (χ1) is 10.0. The predicted molar refractivity (Wildman–Crippen MR) is 92.6 cm³/mol. The molecule has 0 radical (unpaired) electrons. The minimum Gasteiger partial charge on any atom is -0.329 e. The van der Waals surface area contributed by atoms with Crippen LogP contribution in [0.15, 0.2) is 30.3 Å². The third kappa shape index (κ3) is 7.60. The van der Waals surface area contributed by atoms with Gasteiger partial charge in [-0.1, -0.05) is 44.2 Å². The van der Waals surface area contributed by atoms with Crippen molar-refractivity contribution < 1.29 is 0 Å². The van der Waals surface area contributed by atoms with Gasteiger partial charge in [0, 0.05) is 32.2 Å². The van der Waals surface area contributed by atoms with Gasteiger partial charge < -0.3 is 10.6 Å². The molecule has 0 saturated carbocycles. The highest BCUT2D eigenvalue weighted by atomic mass is 15.2. The van der Waals surface area contributed by atoms with Crippen LogP contribution in [0.5, 0.6) is 0 Å². The third-order valence-electron chi connectivity index (χ3n) is 3.83.